The first-order valence-corrected chi connectivity index (χ1v) is 9.38. The first kappa shape index (κ1) is 15.6. The molecular formula is C17H16N4O3S. The molecule has 0 aliphatic carbocycles. The van der Waals surface area contributed by atoms with Gasteiger partial charge in [0.05, 0.1) is 0 Å². The fourth-order valence-electron chi connectivity index (χ4n) is 2.99. The van der Waals surface area contributed by atoms with Crippen LogP contribution in [0.5, 0.6) is 0 Å². The Morgan fingerprint density at radius 2 is 1.96 bits per heavy atom. The Balaban J connectivity index is 1.60. The van der Waals surface area contributed by atoms with Crippen LogP contribution in [0.15, 0.2) is 53.7 Å². The number of nitrogens with zero attached hydrogens (tertiary/aromatic N) is 2. The molecule has 0 atom stereocenters. The second-order valence-corrected chi connectivity index (χ2v) is 7.50. The van der Waals surface area contributed by atoms with Crippen molar-refractivity contribution in [1.82, 2.24) is 9.97 Å². The van der Waals surface area contributed by atoms with Crippen molar-refractivity contribution in [3.05, 3.63) is 48.8 Å². The van der Waals surface area contributed by atoms with Gasteiger partial charge in [0.1, 0.15) is 10.5 Å². The second-order valence-electron chi connectivity index (χ2n) is 5.85. The highest BCUT2D eigenvalue weighted by atomic mass is 32.2. The minimum atomic E-state index is -3.74. The molecular weight excluding hydrogens is 340 g/mol. The average Bonchev–Trinajstić information content (AvgIpc) is 3.22. The molecule has 1 aromatic carbocycles. The highest BCUT2D eigenvalue weighted by Gasteiger charge is 2.22. The summed E-state index contributed by atoms with van der Waals surface area (Å²) < 4.78 is 27.9. The number of amides is 1. The van der Waals surface area contributed by atoms with Gasteiger partial charge >= 0.3 is 0 Å². The lowest BCUT2D eigenvalue weighted by Gasteiger charge is -2.16. The number of pyridine rings is 1. The summed E-state index contributed by atoms with van der Waals surface area (Å²) in [6, 6.07) is 10.2. The van der Waals surface area contributed by atoms with Crippen molar-refractivity contribution < 1.29 is 13.2 Å². The minimum absolute atomic E-state index is 0.0969. The zero-order valence-corrected chi connectivity index (χ0v) is 14.1. The van der Waals surface area contributed by atoms with Crippen molar-refractivity contribution in [2.45, 2.75) is 17.7 Å². The van der Waals surface area contributed by atoms with E-state index >= 15 is 0 Å². The number of anilines is 2. The Bertz CT molecular complexity index is 1040. The lowest BCUT2D eigenvalue weighted by atomic mass is 10.2. The molecule has 128 valence electrons. The smallest absolute Gasteiger partial charge is 0.264 e. The molecule has 7 nitrogen and oxygen atoms in total. The Labute approximate surface area is 144 Å². The zero-order valence-electron chi connectivity index (χ0n) is 13.3. The van der Waals surface area contributed by atoms with Crippen LogP contribution in [0.3, 0.4) is 0 Å². The first-order valence-electron chi connectivity index (χ1n) is 7.90. The number of benzene rings is 1. The fourth-order valence-corrected chi connectivity index (χ4v) is 4.22. The summed E-state index contributed by atoms with van der Waals surface area (Å²) in [6.07, 6.45) is 4.43. The highest BCUT2D eigenvalue weighted by Crippen LogP contribution is 2.26. The summed E-state index contributed by atoms with van der Waals surface area (Å²) in [5, 5.41) is 0.536. The van der Waals surface area contributed by atoms with Crippen molar-refractivity contribution in [3.63, 3.8) is 0 Å². The van der Waals surface area contributed by atoms with Crippen molar-refractivity contribution in [2.24, 2.45) is 0 Å². The van der Waals surface area contributed by atoms with Gasteiger partial charge in [-0.15, -0.1) is 0 Å². The van der Waals surface area contributed by atoms with Crippen LogP contribution in [-0.4, -0.2) is 30.8 Å². The van der Waals surface area contributed by atoms with Crippen LogP contribution in [0.25, 0.3) is 11.0 Å². The molecule has 2 N–H and O–H groups in total. The van der Waals surface area contributed by atoms with E-state index in [1.807, 2.05) is 0 Å². The van der Waals surface area contributed by atoms with E-state index in [-0.39, 0.29) is 10.8 Å². The normalized spacial score (nSPS) is 15.0. The fraction of sp³-hybridized carbons (Fsp3) is 0.176. The summed E-state index contributed by atoms with van der Waals surface area (Å²) in [5.41, 5.74) is 1.74. The molecule has 3 aromatic rings. The number of aromatic amines is 1. The third kappa shape index (κ3) is 2.85. The van der Waals surface area contributed by atoms with Crippen LogP contribution in [0, 0.1) is 0 Å². The minimum Gasteiger partial charge on any atom is -0.345 e. The largest absolute Gasteiger partial charge is 0.345 e. The van der Waals surface area contributed by atoms with Crippen molar-refractivity contribution in [1.29, 1.82) is 0 Å². The van der Waals surface area contributed by atoms with Gasteiger partial charge in [-0.2, -0.15) is 0 Å². The monoisotopic (exact) mass is 356 g/mol. The molecule has 1 aliphatic rings. The summed E-state index contributed by atoms with van der Waals surface area (Å²) in [4.78, 5) is 20.6. The quantitative estimate of drug-likeness (QED) is 0.751. The van der Waals surface area contributed by atoms with Crippen LogP contribution in [0.4, 0.5) is 11.4 Å². The van der Waals surface area contributed by atoms with Gasteiger partial charge in [-0.25, -0.2) is 13.4 Å². The average molecular weight is 356 g/mol. The van der Waals surface area contributed by atoms with Crippen molar-refractivity contribution >= 4 is 38.3 Å². The number of rotatable bonds is 4. The standard InChI is InChI=1S/C17H16N4O3S/c22-16-4-2-10-21(16)13-7-5-12(6-8-13)20-25(23,24)15-11-19-17-14(15)3-1-9-18-17/h1,3,5-9,11,20H,2,4,10H2,(H,18,19). The van der Waals surface area contributed by atoms with Gasteiger partial charge in [0.2, 0.25) is 5.91 Å². The predicted molar refractivity (Wildman–Crippen MR) is 94.9 cm³/mol. The van der Waals surface area contributed by atoms with Crippen LogP contribution >= 0.6 is 0 Å². The van der Waals surface area contributed by atoms with E-state index in [1.165, 1.54) is 6.20 Å². The first-order chi connectivity index (χ1) is 12.0. The van der Waals surface area contributed by atoms with E-state index in [0.717, 1.165) is 12.1 Å². The van der Waals surface area contributed by atoms with Gasteiger partial charge in [0.15, 0.2) is 0 Å². The van der Waals surface area contributed by atoms with Gasteiger partial charge in [0.25, 0.3) is 10.0 Å². The van der Waals surface area contributed by atoms with E-state index < -0.39 is 10.0 Å². The van der Waals surface area contributed by atoms with Crippen LogP contribution in [0.1, 0.15) is 12.8 Å². The summed E-state index contributed by atoms with van der Waals surface area (Å²) >= 11 is 0. The maximum absolute atomic E-state index is 12.6. The van der Waals surface area contributed by atoms with E-state index in [2.05, 4.69) is 14.7 Å². The topological polar surface area (TPSA) is 95.2 Å². The second kappa shape index (κ2) is 5.89. The number of carbonyl (C=O) groups excluding carboxylic acids is 1. The number of nitrogens with one attached hydrogen (secondary N) is 2. The molecule has 25 heavy (non-hydrogen) atoms. The molecule has 3 heterocycles. The van der Waals surface area contributed by atoms with Crippen LogP contribution in [0.2, 0.25) is 0 Å². The number of aromatic nitrogens is 2. The molecule has 0 unspecified atom stereocenters. The molecule has 8 heteroatoms. The van der Waals surface area contributed by atoms with E-state index in [1.54, 1.807) is 47.5 Å². The van der Waals surface area contributed by atoms with Crippen molar-refractivity contribution in [2.75, 3.05) is 16.2 Å². The number of sulfonamides is 1. The third-order valence-corrected chi connectivity index (χ3v) is 5.63. The van der Waals surface area contributed by atoms with E-state index in [4.69, 9.17) is 0 Å². The number of carbonyl (C=O) groups is 1. The SMILES string of the molecule is O=C1CCCN1c1ccc(NS(=O)(=O)c2c[nH]c3ncccc23)cc1. The Morgan fingerprint density at radius 1 is 1.16 bits per heavy atom. The maximum Gasteiger partial charge on any atom is 0.264 e. The molecule has 0 spiro atoms. The molecule has 0 bridgehead atoms. The molecule has 1 saturated heterocycles. The van der Waals surface area contributed by atoms with Gasteiger partial charge in [-0.05, 0) is 42.8 Å². The van der Waals surface area contributed by atoms with Gasteiger partial charge in [-0.3, -0.25) is 9.52 Å². The number of fused-ring (bicyclic) bond motifs is 1. The lowest BCUT2D eigenvalue weighted by Crippen LogP contribution is -2.23. The van der Waals surface area contributed by atoms with E-state index in [9.17, 15) is 13.2 Å². The summed E-state index contributed by atoms with van der Waals surface area (Å²) in [7, 11) is -3.74. The molecule has 1 fully saturated rings. The van der Waals surface area contributed by atoms with Gasteiger partial charge in [0, 0.05) is 42.1 Å². The molecule has 1 amide bonds. The Morgan fingerprint density at radius 3 is 2.68 bits per heavy atom. The number of hydrogen-bond donors (Lipinski definition) is 2. The summed E-state index contributed by atoms with van der Waals surface area (Å²) in [5.74, 6) is 0.0969. The third-order valence-electron chi connectivity index (χ3n) is 4.21. The van der Waals surface area contributed by atoms with Gasteiger partial charge in [-0.1, -0.05) is 0 Å². The number of hydrogen-bond acceptors (Lipinski definition) is 4. The maximum atomic E-state index is 12.6. The van der Waals surface area contributed by atoms with E-state index in [0.29, 0.717) is 29.7 Å². The van der Waals surface area contributed by atoms with Crippen LogP contribution < -0.4 is 9.62 Å². The molecule has 0 saturated carbocycles. The highest BCUT2D eigenvalue weighted by molar-refractivity contribution is 7.93. The Hall–Kier alpha value is -2.87. The van der Waals surface area contributed by atoms with Crippen LogP contribution in [-0.2, 0) is 14.8 Å². The molecule has 1 aliphatic heterocycles. The molecule has 2 aromatic heterocycles. The Kier molecular flexibility index (Phi) is 3.69. The molecule has 4 rings (SSSR count). The predicted octanol–water partition coefficient (Wildman–Crippen LogP) is 2.49. The zero-order chi connectivity index (χ0) is 17.4. The van der Waals surface area contributed by atoms with Crippen molar-refractivity contribution in [3.8, 4) is 0 Å². The lowest BCUT2D eigenvalue weighted by molar-refractivity contribution is -0.117. The number of H-pyrrole nitrogens is 1. The molecule has 0 radical (unpaired) electrons. The summed E-state index contributed by atoms with van der Waals surface area (Å²) in [6.45, 7) is 0.701. The van der Waals surface area contributed by atoms with Gasteiger partial charge < -0.3 is 9.88 Å².